The average molecular weight is 364 g/mol. The van der Waals surface area contributed by atoms with Gasteiger partial charge in [0, 0.05) is 20.6 Å². The fraction of sp³-hybridized carbons (Fsp3) is 0. The second-order valence-corrected chi connectivity index (χ2v) is 5.69. The summed E-state index contributed by atoms with van der Waals surface area (Å²) >= 11 is 21.0. The summed E-state index contributed by atoms with van der Waals surface area (Å²) in [7, 11) is 0. The van der Waals surface area contributed by atoms with E-state index >= 15 is 0 Å². The Morgan fingerprint density at radius 2 is 1.61 bits per heavy atom. The molecule has 2 rings (SSSR count). The molecule has 0 aliphatic carbocycles. The summed E-state index contributed by atoms with van der Waals surface area (Å²) in [6.45, 7) is 0. The van der Waals surface area contributed by atoms with Crippen molar-refractivity contribution in [2.45, 2.75) is 0 Å². The van der Waals surface area contributed by atoms with Gasteiger partial charge in [-0.25, -0.2) is 0 Å². The van der Waals surface area contributed by atoms with Crippen molar-refractivity contribution in [3.05, 3.63) is 67.1 Å². The molecular weight excluding hydrogens is 358 g/mol. The van der Waals surface area contributed by atoms with Crippen LogP contribution in [-0.4, -0.2) is 5.78 Å². The zero-order valence-corrected chi connectivity index (χ0v) is 12.7. The summed E-state index contributed by atoms with van der Waals surface area (Å²) in [5, 5.41) is 1.38. The number of rotatable bonds is 2. The number of hydrogen-bond acceptors (Lipinski definition) is 1. The molecule has 0 spiro atoms. The fourth-order valence-corrected chi connectivity index (χ4v) is 2.34. The van der Waals surface area contributed by atoms with E-state index in [1.807, 2.05) is 0 Å². The molecule has 0 saturated heterocycles. The summed E-state index contributed by atoms with van der Waals surface area (Å²) in [5.74, 6) is -0.195. The van der Waals surface area contributed by atoms with Gasteiger partial charge in [0.05, 0.1) is 10.0 Å². The van der Waals surface area contributed by atoms with Crippen LogP contribution in [0.1, 0.15) is 15.9 Å². The third-order valence-corrected chi connectivity index (χ3v) is 4.13. The van der Waals surface area contributed by atoms with Crippen molar-refractivity contribution >= 4 is 56.5 Å². The van der Waals surface area contributed by atoms with E-state index in [0.717, 1.165) is 0 Å². The van der Waals surface area contributed by atoms with Crippen LogP contribution in [0.5, 0.6) is 0 Å². The molecule has 0 bridgehead atoms. The summed E-state index contributed by atoms with van der Waals surface area (Å²) in [5.41, 5.74) is 0.869. The predicted octanol–water partition coefficient (Wildman–Crippen LogP) is 5.64. The van der Waals surface area contributed by atoms with E-state index in [1.54, 1.807) is 36.4 Å². The molecule has 92 valence electrons. The van der Waals surface area contributed by atoms with E-state index in [4.69, 9.17) is 34.8 Å². The normalized spacial score (nSPS) is 10.4. The van der Waals surface area contributed by atoms with Crippen LogP contribution < -0.4 is 0 Å². The van der Waals surface area contributed by atoms with Crippen LogP contribution in [-0.2, 0) is 0 Å². The van der Waals surface area contributed by atoms with E-state index in [2.05, 4.69) is 15.9 Å². The maximum Gasteiger partial charge on any atom is 0.194 e. The van der Waals surface area contributed by atoms with Gasteiger partial charge in [-0.2, -0.15) is 0 Å². The van der Waals surface area contributed by atoms with Gasteiger partial charge in [-0.3, -0.25) is 4.79 Å². The van der Waals surface area contributed by atoms with Gasteiger partial charge in [0.25, 0.3) is 0 Å². The van der Waals surface area contributed by atoms with Gasteiger partial charge < -0.3 is 0 Å². The first kappa shape index (κ1) is 13.9. The van der Waals surface area contributed by atoms with Crippen molar-refractivity contribution in [1.29, 1.82) is 0 Å². The van der Waals surface area contributed by atoms with Crippen LogP contribution in [0.3, 0.4) is 0 Å². The molecule has 1 nitrogen and oxygen atoms in total. The van der Waals surface area contributed by atoms with Crippen LogP contribution in [0, 0.1) is 0 Å². The van der Waals surface area contributed by atoms with Crippen LogP contribution >= 0.6 is 50.7 Å². The minimum Gasteiger partial charge on any atom is -0.289 e. The number of hydrogen-bond donors (Lipinski definition) is 0. The summed E-state index contributed by atoms with van der Waals surface area (Å²) in [4.78, 5) is 12.3. The van der Waals surface area contributed by atoms with Gasteiger partial charge in [0.2, 0.25) is 0 Å². The highest BCUT2D eigenvalue weighted by atomic mass is 79.9. The highest BCUT2D eigenvalue weighted by molar-refractivity contribution is 9.10. The molecule has 5 heteroatoms. The maximum atomic E-state index is 12.3. The maximum absolute atomic E-state index is 12.3. The van der Waals surface area contributed by atoms with E-state index in [9.17, 15) is 4.79 Å². The highest BCUT2D eigenvalue weighted by Gasteiger charge is 2.14. The van der Waals surface area contributed by atoms with Gasteiger partial charge in [-0.15, -0.1) is 0 Å². The van der Waals surface area contributed by atoms with Crippen molar-refractivity contribution in [1.82, 2.24) is 0 Å². The molecule has 0 heterocycles. The second kappa shape index (κ2) is 5.62. The van der Waals surface area contributed by atoms with Crippen molar-refractivity contribution in [3.8, 4) is 0 Å². The Labute approximate surface area is 128 Å². The van der Waals surface area contributed by atoms with Crippen LogP contribution in [0.2, 0.25) is 15.1 Å². The molecule has 0 unspecified atom stereocenters. The predicted molar refractivity (Wildman–Crippen MR) is 79.0 cm³/mol. The first-order chi connectivity index (χ1) is 8.49. The Kier molecular flexibility index (Phi) is 4.33. The minimum atomic E-state index is -0.195. The van der Waals surface area contributed by atoms with Crippen LogP contribution in [0.4, 0.5) is 0 Å². The van der Waals surface area contributed by atoms with Crippen molar-refractivity contribution in [3.63, 3.8) is 0 Å². The zero-order valence-electron chi connectivity index (χ0n) is 8.88. The van der Waals surface area contributed by atoms with Gasteiger partial charge in [-0.05, 0) is 52.3 Å². The smallest absolute Gasteiger partial charge is 0.194 e. The molecule has 0 radical (unpaired) electrons. The zero-order chi connectivity index (χ0) is 13.3. The molecule has 2 aromatic carbocycles. The Balaban J connectivity index is 2.47. The molecule has 2 aromatic rings. The minimum absolute atomic E-state index is 0.195. The van der Waals surface area contributed by atoms with E-state index in [-0.39, 0.29) is 5.78 Å². The van der Waals surface area contributed by atoms with Crippen molar-refractivity contribution < 1.29 is 4.79 Å². The van der Waals surface area contributed by atoms with Crippen LogP contribution in [0.15, 0.2) is 40.9 Å². The molecule has 0 saturated carbocycles. The third kappa shape index (κ3) is 2.89. The number of benzene rings is 2. The Morgan fingerprint density at radius 3 is 2.28 bits per heavy atom. The topological polar surface area (TPSA) is 17.1 Å². The molecule has 0 aliphatic rings. The van der Waals surface area contributed by atoms with E-state index < -0.39 is 0 Å². The molecule has 0 fully saturated rings. The monoisotopic (exact) mass is 362 g/mol. The first-order valence-electron chi connectivity index (χ1n) is 4.94. The highest BCUT2D eigenvalue weighted by Crippen LogP contribution is 2.27. The molecule has 0 N–H and O–H groups in total. The lowest BCUT2D eigenvalue weighted by Gasteiger charge is -2.05. The van der Waals surface area contributed by atoms with E-state index in [1.165, 1.54) is 0 Å². The van der Waals surface area contributed by atoms with Crippen molar-refractivity contribution in [2.24, 2.45) is 0 Å². The molecular formula is C13H6BrCl3O. The largest absolute Gasteiger partial charge is 0.289 e. The average Bonchev–Trinajstić information content (AvgIpc) is 2.35. The number of carbonyl (C=O) groups is 1. The van der Waals surface area contributed by atoms with Gasteiger partial charge >= 0.3 is 0 Å². The van der Waals surface area contributed by atoms with Gasteiger partial charge in [-0.1, -0.05) is 34.8 Å². The molecule has 0 aromatic heterocycles. The first-order valence-corrected chi connectivity index (χ1v) is 6.86. The Hall–Kier alpha value is -0.540. The molecule has 18 heavy (non-hydrogen) atoms. The van der Waals surface area contributed by atoms with Gasteiger partial charge in [0.15, 0.2) is 5.78 Å². The molecule has 0 aliphatic heterocycles. The Morgan fingerprint density at radius 1 is 0.944 bits per heavy atom. The quantitative estimate of drug-likeness (QED) is 0.630. The lowest BCUT2D eigenvalue weighted by Crippen LogP contribution is -2.02. The van der Waals surface area contributed by atoms with Crippen molar-refractivity contribution in [2.75, 3.05) is 0 Å². The van der Waals surface area contributed by atoms with E-state index in [0.29, 0.717) is 30.7 Å². The molecule has 0 amide bonds. The summed E-state index contributed by atoms with van der Waals surface area (Å²) < 4.78 is 0.660. The lowest BCUT2D eigenvalue weighted by atomic mass is 10.0. The van der Waals surface area contributed by atoms with Crippen LogP contribution in [0.25, 0.3) is 0 Å². The molecule has 0 atom stereocenters. The lowest BCUT2D eigenvalue weighted by molar-refractivity contribution is 0.103. The summed E-state index contributed by atoms with van der Waals surface area (Å²) in [6, 6.07) is 9.74. The Bertz CT molecular complexity index is 626. The fourth-order valence-electron chi connectivity index (χ4n) is 1.46. The second-order valence-electron chi connectivity index (χ2n) is 3.58. The standard InChI is InChI=1S/C13H6BrCl3O/c14-10-5-7(1-3-12(10)17)13(18)9-6-8(15)2-4-11(9)16/h1-6H. The SMILES string of the molecule is O=C(c1ccc(Cl)c(Br)c1)c1cc(Cl)ccc1Cl. The number of ketones is 1. The number of halogens is 4. The third-order valence-electron chi connectivity index (χ3n) is 2.35. The number of carbonyl (C=O) groups excluding carboxylic acids is 1. The summed E-state index contributed by atoms with van der Waals surface area (Å²) in [6.07, 6.45) is 0. The van der Waals surface area contributed by atoms with Gasteiger partial charge in [0.1, 0.15) is 0 Å².